The van der Waals surface area contributed by atoms with Gasteiger partial charge in [-0.3, -0.25) is 4.79 Å². The van der Waals surface area contributed by atoms with Gasteiger partial charge in [0.05, 0.1) is 10.9 Å². The van der Waals surface area contributed by atoms with Gasteiger partial charge in [-0.05, 0) is 97.2 Å². The van der Waals surface area contributed by atoms with E-state index in [2.05, 4.69) is 0 Å². The monoisotopic (exact) mass is 605 g/mol. The largest absolute Gasteiger partial charge is 0.337 e. The van der Waals surface area contributed by atoms with Crippen LogP contribution in [0.5, 0.6) is 0 Å². The molecule has 0 bridgehead atoms. The number of amides is 1. The molecule has 41 heavy (non-hydrogen) atoms. The van der Waals surface area contributed by atoms with Gasteiger partial charge in [-0.2, -0.15) is 0 Å². The van der Waals surface area contributed by atoms with Crippen LogP contribution in [0.3, 0.4) is 0 Å². The van der Waals surface area contributed by atoms with Crippen LogP contribution in [0.2, 0.25) is 0 Å². The Morgan fingerprint density at radius 2 is 1.66 bits per heavy atom. The molecule has 218 valence electrons. The molecule has 3 aromatic rings. The normalized spacial score (nSPS) is 20.5. The SMILES string of the molecule is Cc1cc(F)cc(F)c1CCc1ccc2c(c1)CC[C@H]1N(C(=O)CS(C)(=O)=O)CC[C@@]21S(=O)(=O)c1ccc(F)cc1. The highest BCUT2D eigenvalue weighted by Crippen LogP contribution is 2.53. The number of carbonyl (C=O) groups is 1. The number of carbonyl (C=O) groups excluding carboxylic acids is 1. The van der Waals surface area contributed by atoms with E-state index in [1.807, 2.05) is 6.07 Å². The Morgan fingerprint density at radius 1 is 0.951 bits per heavy atom. The quantitative estimate of drug-likeness (QED) is 0.371. The smallest absolute Gasteiger partial charge is 0.238 e. The van der Waals surface area contributed by atoms with Gasteiger partial charge in [0, 0.05) is 18.9 Å². The lowest BCUT2D eigenvalue weighted by molar-refractivity contribution is -0.129. The third-order valence-electron chi connectivity index (χ3n) is 8.31. The van der Waals surface area contributed by atoms with Gasteiger partial charge in [0.15, 0.2) is 19.7 Å². The number of fused-ring (bicyclic) bond motifs is 3. The summed E-state index contributed by atoms with van der Waals surface area (Å²) in [7, 11) is -7.82. The first-order valence-corrected chi connectivity index (χ1v) is 16.8. The fourth-order valence-electron chi connectivity index (χ4n) is 6.48. The molecule has 1 heterocycles. The van der Waals surface area contributed by atoms with Gasteiger partial charge < -0.3 is 4.90 Å². The summed E-state index contributed by atoms with van der Waals surface area (Å²) in [5.74, 6) is -3.21. The number of aryl methyl sites for hydroxylation is 3. The molecule has 1 aliphatic carbocycles. The molecule has 1 amide bonds. The summed E-state index contributed by atoms with van der Waals surface area (Å²) >= 11 is 0. The highest BCUT2D eigenvalue weighted by atomic mass is 32.2. The fourth-order valence-corrected chi connectivity index (χ4v) is 9.47. The van der Waals surface area contributed by atoms with E-state index in [1.54, 1.807) is 19.1 Å². The summed E-state index contributed by atoms with van der Waals surface area (Å²) in [6.45, 7) is 1.71. The minimum Gasteiger partial charge on any atom is -0.337 e. The van der Waals surface area contributed by atoms with Gasteiger partial charge >= 0.3 is 0 Å². The molecule has 0 aromatic heterocycles. The van der Waals surface area contributed by atoms with Crippen LogP contribution in [0.4, 0.5) is 13.2 Å². The Bertz CT molecular complexity index is 1720. The van der Waals surface area contributed by atoms with Crippen LogP contribution in [0.15, 0.2) is 59.5 Å². The average Bonchev–Trinajstić information content (AvgIpc) is 3.29. The third-order valence-corrected chi connectivity index (χ3v) is 11.6. The summed E-state index contributed by atoms with van der Waals surface area (Å²) in [5.41, 5.74) is 3.08. The van der Waals surface area contributed by atoms with Gasteiger partial charge in [-0.25, -0.2) is 30.0 Å². The zero-order chi connectivity index (χ0) is 29.7. The second-order valence-corrected chi connectivity index (χ2v) is 15.3. The first-order chi connectivity index (χ1) is 19.2. The number of hydrogen-bond acceptors (Lipinski definition) is 5. The lowest BCUT2D eigenvalue weighted by atomic mass is 9.77. The minimum absolute atomic E-state index is 0.0548. The number of sulfone groups is 2. The maximum atomic E-state index is 14.4. The molecule has 5 rings (SSSR count). The van der Waals surface area contributed by atoms with Gasteiger partial charge in [0.25, 0.3) is 0 Å². The van der Waals surface area contributed by atoms with Crippen molar-refractivity contribution in [2.45, 2.75) is 54.7 Å². The fraction of sp³-hybridized carbons (Fsp3) is 0.367. The molecule has 0 spiro atoms. The van der Waals surface area contributed by atoms with Crippen LogP contribution in [0, 0.1) is 24.4 Å². The van der Waals surface area contributed by atoms with E-state index in [-0.39, 0.29) is 24.3 Å². The van der Waals surface area contributed by atoms with Crippen LogP contribution in [-0.2, 0) is 48.5 Å². The second-order valence-electron chi connectivity index (χ2n) is 11.0. The number of nitrogens with zero attached hydrogens (tertiary/aromatic N) is 1. The summed E-state index contributed by atoms with van der Waals surface area (Å²) < 4.78 is 92.6. The van der Waals surface area contributed by atoms with E-state index in [0.717, 1.165) is 35.6 Å². The first kappa shape index (κ1) is 29.3. The molecule has 0 N–H and O–H groups in total. The van der Waals surface area contributed by atoms with Gasteiger partial charge in [0.2, 0.25) is 5.91 Å². The van der Waals surface area contributed by atoms with Crippen LogP contribution >= 0.6 is 0 Å². The predicted molar refractivity (Wildman–Crippen MR) is 148 cm³/mol. The highest BCUT2D eigenvalue weighted by molar-refractivity contribution is 7.92. The Labute approximate surface area is 238 Å². The molecule has 2 atom stereocenters. The number of rotatable bonds is 7. The summed E-state index contributed by atoms with van der Waals surface area (Å²) in [6.07, 6.45) is 2.52. The van der Waals surface area contributed by atoms with E-state index in [9.17, 15) is 34.8 Å². The molecular weight excluding hydrogens is 575 g/mol. The molecule has 0 saturated carbocycles. The van der Waals surface area contributed by atoms with Crippen molar-refractivity contribution in [3.63, 3.8) is 0 Å². The van der Waals surface area contributed by atoms with Crippen LogP contribution in [0.25, 0.3) is 0 Å². The molecule has 0 radical (unpaired) electrons. The Kier molecular flexibility index (Phi) is 7.57. The lowest BCUT2D eigenvalue weighted by Crippen LogP contribution is -2.52. The molecule has 11 heteroatoms. The van der Waals surface area contributed by atoms with E-state index >= 15 is 0 Å². The Morgan fingerprint density at radius 3 is 2.32 bits per heavy atom. The molecule has 0 unspecified atom stereocenters. The van der Waals surface area contributed by atoms with Crippen molar-refractivity contribution in [1.82, 2.24) is 4.90 Å². The number of hydrogen-bond donors (Lipinski definition) is 0. The summed E-state index contributed by atoms with van der Waals surface area (Å²) in [4.78, 5) is 14.4. The topological polar surface area (TPSA) is 88.6 Å². The van der Waals surface area contributed by atoms with Gasteiger partial charge in [-0.15, -0.1) is 0 Å². The van der Waals surface area contributed by atoms with Crippen molar-refractivity contribution in [3.8, 4) is 0 Å². The van der Waals surface area contributed by atoms with Crippen LogP contribution in [-0.4, -0.2) is 52.2 Å². The highest BCUT2D eigenvalue weighted by Gasteiger charge is 2.60. The average molecular weight is 606 g/mol. The van der Waals surface area contributed by atoms with Crippen molar-refractivity contribution in [1.29, 1.82) is 0 Å². The van der Waals surface area contributed by atoms with Crippen LogP contribution in [0.1, 0.15) is 40.7 Å². The molecule has 1 saturated heterocycles. The Hall–Kier alpha value is -3.18. The zero-order valence-electron chi connectivity index (χ0n) is 22.7. The van der Waals surface area contributed by atoms with Gasteiger partial charge in [0.1, 0.15) is 28.0 Å². The zero-order valence-corrected chi connectivity index (χ0v) is 24.3. The molecule has 3 aromatic carbocycles. The van der Waals surface area contributed by atoms with Crippen molar-refractivity contribution < 1.29 is 34.8 Å². The maximum Gasteiger partial charge on any atom is 0.238 e. The summed E-state index contributed by atoms with van der Waals surface area (Å²) in [6, 6.07) is 11.3. The minimum atomic E-state index is -4.18. The molecule has 2 aliphatic rings. The van der Waals surface area contributed by atoms with E-state index in [4.69, 9.17) is 0 Å². The number of likely N-dealkylation sites (tertiary alicyclic amines) is 1. The Balaban J connectivity index is 1.56. The van der Waals surface area contributed by atoms with Crippen molar-refractivity contribution in [3.05, 3.63) is 99.9 Å². The molecule has 1 fully saturated rings. The summed E-state index contributed by atoms with van der Waals surface area (Å²) in [5, 5.41) is 0. The lowest BCUT2D eigenvalue weighted by Gasteiger charge is -2.42. The second kappa shape index (κ2) is 10.6. The van der Waals surface area contributed by atoms with Crippen molar-refractivity contribution in [2.24, 2.45) is 0 Å². The van der Waals surface area contributed by atoms with E-state index < -0.39 is 59.6 Å². The third kappa shape index (κ3) is 5.30. The van der Waals surface area contributed by atoms with E-state index in [1.165, 1.54) is 23.1 Å². The van der Waals surface area contributed by atoms with Crippen molar-refractivity contribution >= 4 is 25.6 Å². The predicted octanol–water partition coefficient (Wildman–Crippen LogP) is 4.46. The standard InChI is InChI=1S/C30H30F3NO5S2/c1-19-15-23(32)17-27(33)25(19)10-3-20-4-11-26-21(16-20)5-12-28-30(26,13-14-34(28)29(35)18-40(2,36)37)41(38,39)24-8-6-22(31)7-9-24/h4,6-9,11,15-17,28H,3,5,10,12-14,18H2,1-2H3/t28-,30-/m1/s1. The van der Waals surface area contributed by atoms with Gasteiger partial charge in [-0.1, -0.05) is 18.2 Å². The maximum absolute atomic E-state index is 14.4. The van der Waals surface area contributed by atoms with Crippen molar-refractivity contribution in [2.75, 3.05) is 18.6 Å². The molecule has 6 nitrogen and oxygen atoms in total. The van der Waals surface area contributed by atoms with E-state index in [0.29, 0.717) is 36.0 Å². The number of benzene rings is 3. The number of halogens is 3. The molecule has 1 aliphatic heterocycles. The van der Waals surface area contributed by atoms with Crippen LogP contribution < -0.4 is 0 Å². The molecular formula is C30H30F3NO5S2. The first-order valence-electron chi connectivity index (χ1n) is 13.3.